The van der Waals surface area contributed by atoms with Crippen molar-refractivity contribution in [3.05, 3.63) is 69.9 Å². The van der Waals surface area contributed by atoms with Gasteiger partial charge in [-0.2, -0.15) is 0 Å². The Morgan fingerprint density at radius 3 is 2.15 bits per heavy atom. The number of phenolic OH excluding ortho intramolecular Hbond substituents is 1. The molecule has 210 valence electrons. The summed E-state index contributed by atoms with van der Waals surface area (Å²) < 4.78 is 6.13. The van der Waals surface area contributed by atoms with Gasteiger partial charge in [-0.15, -0.1) is 23.7 Å². The normalized spacial score (nSPS) is 17.3. The number of thiophene rings is 1. The van der Waals surface area contributed by atoms with E-state index in [9.17, 15) is 9.90 Å². The Balaban J connectivity index is 0.00000420. The quantitative estimate of drug-likeness (QED) is 0.129. The fourth-order valence-electron chi connectivity index (χ4n) is 4.51. The molecule has 0 bridgehead atoms. The standard InChI is InChI=1S/C30H38N4O3S.ClH/c1-29(2,3)22-14-19(15-23(26(22)35)30(4,5)6)34-28(36)24-16-21(17-32-24)37-20-11-9-18(10-12-20)33-27(31)25-8-7-13-38-25;/h7-15,21,24,32,35H,16-17H2,1-6H3,(H2,31,33)(H,34,36);1H/t21-,24+;/m0./s1. The van der Waals surface area contributed by atoms with Gasteiger partial charge in [-0.3, -0.25) is 10.2 Å². The van der Waals surface area contributed by atoms with Gasteiger partial charge in [-0.05, 0) is 58.7 Å². The molecule has 4 rings (SSSR count). The predicted molar refractivity (Wildman–Crippen MR) is 163 cm³/mol. The number of halogens is 1. The predicted octanol–water partition coefficient (Wildman–Crippen LogP) is 6.66. The summed E-state index contributed by atoms with van der Waals surface area (Å²) in [5.74, 6) is 1.25. The van der Waals surface area contributed by atoms with E-state index in [1.807, 2.05) is 53.9 Å². The summed E-state index contributed by atoms with van der Waals surface area (Å²) in [4.78, 5) is 14.0. The molecule has 1 amide bonds. The first-order valence-electron chi connectivity index (χ1n) is 12.9. The second-order valence-corrected chi connectivity index (χ2v) is 12.8. The molecule has 2 heterocycles. The van der Waals surface area contributed by atoms with Crippen LogP contribution in [0.1, 0.15) is 64.0 Å². The van der Waals surface area contributed by atoms with Gasteiger partial charge in [0.1, 0.15) is 23.4 Å². The molecule has 1 aliphatic rings. The van der Waals surface area contributed by atoms with Gasteiger partial charge in [0.05, 0.1) is 10.9 Å². The number of amides is 1. The van der Waals surface area contributed by atoms with Crippen molar-refractivity contribution in [3.63, 3.8) is 0 Å². The number of hydrogen-bond acceptors (Lipinski definition) is 6. The molecule has 0 aliphatic carbocycles. The van der Waals surface area contributed by atoms with Crippen LogP contribution in [0.25, 0.3) is 0 Å². The second kappa shape index (κ2) is 12.0. The molecule has 1 aliphatic heterocycles. The molecule has 0 spiro atoms. The molecule has 2 atom stereocenters. The first-order valence-corrected chi connectivity index (χ1v) is 13.8. The van der Waals surface area contributed by atoms with Crippen LogP contribution in [0, 0.1) is 5.41 Å². The van der Waals surface area contributed by atoms with Crippen LogP contribution >= 0.6 is 23.7 Å². The Bertz CT molecular complexity index is 1260. The van der Waals surface area contributed by atoms with Crippen LogP contribution in [-0.4, -0.2) is 35.5 Å². The topological polar surface area (TPSA) is 106 Å². The number of carbonyl (C=O) groups excluding carboxylic acids is 1. The lowest BCUT2D eigenvalue weighted by molar-refractivity contribution is -0.117. The molecular weight excluding hydrogens is 532 g/mol. The van der Waals surface area contributed by atoms with Crippen LogP contribution in [0.2, 0.25) is 0 Å². The summed E-state index contributed by atoms with van der Waals surface area (Å²) in [6.07, 6.45) is 0.412. The summed E-state index contributed by atoms with van der Waals surface area (Å²) >= 11 is 1.52. The molecule has 0 saturated carbocycles. The highest BCUT2D eigenvalue weighted by Crippen LogP contribution is 2.41. The molecular formula is C30H39ClN4O3S. The van der Waals surface area contributed by atoms with E-state index in [1.54, 1.807) is 0 Å². The van der Waals surface area contributed by atoms with E-state index in [2.05, 4.69) is 57.5 Å². The zero-order chi connectivity index (χ0) is 27.7. The zero-order valence-electron chi connectivity index (χ0n) is 23.3. The number of hydrogen-bond donors (Lipinski definition) is 5. The summed E-state index contributed by atoms with van der Waals surface area (Å²) in [7, 11) is 0. The highest BCUT2D eigenvalue weighted by atomic mass is 35.5. The van der Waals surface area contributed by atoms with E-state index >= 15 is 0 Å². The zero-order valence-corrected chi connectivity index (χ0v) is 25.0. The van der Waals surface area contributed by atoms with Gasteiger partial charge in [-0.1, -0.05) is 47.6 Å². The summed E-state index contributed by atoms with van der Waals surface area (Å²) in [5.41, 5.74) is 2.57. The first-order chi connectivity index (χ1) is 17.8. The Hall–Kier alpha value is -3.07. The highest BCUT2D eigenvalue weighted by Gasteiger charge is 2.32. The van der Waals surface area contributed by atoms with Crippen LogP contribution in [-0.2, 0) is 15.6 Å². The van der Waals surface area contributed by atoms with Crippen molar-refractivity contribution >= 4 is 46.9 Å². The molecule has 0 unspecified atom stereocenters. The third kappa shape index (κ3) is 7.53. The molecule has 5 N–H and O–H groups in total. The molecule has 39 heavy (non-hydrogen) atoms. The summed E-state index contributed by atoms with van der Waals surface area (Å²) in [6.45, 7) is 12.9. The van der Waals surface area contributed by atoms with Gasteiger partial charge in [0.15, 0.2) is 0 Å². The lowest BCUT2D eigenvalue weighted by Gasteiger charge is -2.28. The first kappa shape index (κ1) is 30.5. The van der Waals surface area contributed by atoms with Crippen LogP contribution in [0.15, 0.2) is 53.9 Å². The van der Waals surface area contributed by atoms with E-state index in [-0.39, 0.29) is 41.3 Å². The van der Waals surface area contributed by atoms with Crippen molar-refractivity contribution in [1.82, 2.24) is 5.32 Å². The average molecular weight is 571 g/mol. The smallest absolute Gasteiger partial charge is 0.241 e. The minimum Gasteiger partial charge on any atom is -0.507 e. The molecule has 7 nitrogen and oxygen atoms in total. The van der Waals surface area contributed by atoms with E-state index in [0.29, 0.717) is 36.0 Å². The number of nitrogens with one attached hydrogen (secondary N) is 4. The van der Waals surface area contributed by atoms with Crippen LogP contribution in [0.4, 0.5) is 11.4 Å². The Morgan fingerprint density at radius 1 is 1.00 bits per heavy atom. The lowest BCUT2D eigenvalue weighted by atomic mass is 9.79. The van der Waals surface area contributed by atoms with Gasteiger partial charge < -0.3 is 25.8 Å². The Morgan fingerprint density at radius 2 is 1.62 bits per heavy atom. The Labute approximate surface area is 241 Å². The SMILES string of the molecule is CC(C)(C)c1cc(NC(=O)[C@H]2C[C@H](Oc3ccc(NC(=N)c4cccs4)cc3)CN2)cc(C(C)(C)C)c1O.Cl. The minimum absolute atomic E-state index is 0. The number of ether oxygens (including phenoxy) is 1. The van der Waals surface area contributed by atoms with Gasteiger partial charge in [0, 0.05) is 35.5 Å². The summed E-state index contributed by atoms with van der Waals surface area (Å²) in [6, 6.07) is 14.7. The van der Waals surface area contributed by atoms with E-state index in [0.717, 1.165) is 21.7 Å². The maximum Gasteiger partial charge on any atom is 0.241 e. The number of phenols is 1. The van der Waals surface area contributed by atoms with Crippen molar-refractivity contribution in [2.24, 2.45) is 0 Å². The third-order valence-electron chi connectivity index (χ3n) is 6.59. The van der Waals surface area contributed by atoms with Crippen LogP contribution in [0.5, 0.6) is 11.5 Å². The number of benzene rings is 2. The number of anilines is 2. The maximum atomic E-state index is 13.1. The maximum absolute atomic E-state index is 13.1. The molecule has 9 heteroatoms. The van der Waals surface area contributed by atoms with E-state index < -0.39 is 0 Å². The van der Waals surface area contributed by atoms with Gasteiger partial charge in [0.25, 0.3) is 0 Å². The van der Waals surface area contributed by atoms with Gasteiger partial charge >= 0.3 is 0 Å². The number of rotatable bonds is 6. The number of carbonyl (C=O) groups is 1. The molecule has 3 aromatic rings. The molecule has 1 saturated heterocycles. The Kier molecular flexibility index (Phi) is 9.36. The molecule has 1 fully saturated rings. The summed E-state index contributed by atoms with van der Waals surface area (Å²) in [5, 5.41) is 30.5. The monoisotopic (exact) mass is 570 g/mol. The number of aromatic hydroxyl groups is 1. The van der Waals surface area contributed by atoms with Crippen molar-refractivity contribution in [2.75, 3.05) is 17.2 Å². The largest absolute Gasteiger partial charge is 0.507 e. The lowest BCUT2D eigenvalue weighted by Crippen LogP contribution is -2.35. The van der Waals surface area contributed by atoms with Crippen LogP contribution in [0.3, 0.4) is 0 Å². The average Bonchev–Trinajstić information content (AvgIpc) is 3.52. The third-order valence-corrected chi connectivity index (χ3v) is 7.48. The van der Waals surface area contributed by atoms with Crippen molar-refractivity contribution in [3.8, 4) is 11.5 Å². The number of amidine groups is 1. The van der Waals surface area contributed by atoms with Crippen LogP contribution < -0.4 is 20.7 Å². The highest BCUT2D eigenvalue weighted by molar-refractivity contribution is 7.12. The van der Waals surface area contributed by atoms with E-state index in [1.165, 1.54) is 11.3 Å². The van der Waals surface area contributed by atoms with Crippen molar-refractivity contribution < 1.29 is 14.6 Å². The fourth-order valence-corrected chi connectivity index (χ4v) is 5.14. The van der Waals surface area contributed by atoms with Crippen molar-refractivity contribution in [2.45, 2.75) is 70.9 Å². The molecule has 0 radical (unpaired) electrons. The molecule has 2 aromatic carbocycles. The second-order valence-electron chi connectivity index (χ2n) is 11.8. The fraction of sp³-hybridized carbons (Fsp3) is 0.400. The minimum atomic E-state index is -0.378. The van der Waals surface area contributed by atoms with Gasteiger partial charge in [0.2, 0.25) is 5.91 Å². The molecule has 1 aromatic heterocycles. The van der Waals surface area contributed by atoms with E-state index in [4.69, 9.17) is 10.1 Å². The van der Waals surface area contributed by atoms with Crippen molar-refractivity contribution in [1.29, 1.82) is 5.41 Å². The van der Waals surface area contributed by atoms with Gasteiger partial charge in [-0.25, -0.2) is 0 Å².